The summed E-state index contributed by atoms with van der Waals surface area (Å²) in [6.45, 7) is 3.18. The van der Waals surface area contributed by atoms with Crippen molar-refractivity contribution < 1.29 is 0 Å². The van der Waals surface area contributed by atoms with Crippen molar-refractivity contribution in [1.82, 2.24) is 10.3 Å². The van der Waals surface area contributed by atoms with Crippen LogP contribution in [-0.4, -0.2) is 11.0 Å². The maximum atomic E-state index is 6.02. The second kappa shape index (κ2) is 7.20. The van der Waals surface area contributed by atoms with Crippen LogP contribution < -0.4 is 5.32 Å². The number of hydrogen-bond acceptors (Lipinski definition) is 2. The van der Waals surface area contributed by atoms with E-state index < -0.39 is 0 Å². The Morgan fingerprint density at radius 1 is 1.47 bits per heavy atom. The molecule has 1 fully saturated rings. The number of pyridine rings is 1. The van der Waals surface area contributed by atoms with Crippen LogP contribution in [0.25, 0.3) is 0 Å². The van der Waals surface area contributed by atoms with Crippen LogP contribution in [0.15, 0.2) is 18.3 Å². The molecule has 1 aromatic rings. The molecule has 1 aliphatic carbocycles. The van der Waals surface area contributed by atoms with Gasteiger partial charge in [-0.3, -0.25) is 0 Å². The van der Waals surface area contributed by atoms with Gasteiger partial charge in [-0.1, -0.05) is 37.4 Å². The minimum atomic E-state index is 0. The van der Waals surface area contributed by atoms with Crippen molar-refractivity contribution in [2.75, 3.05) is 0 Å². The van der Waals surface area contributed by atoms with E-state index in [9.17, 15) is 0 Å². The van der Waals surface area contributed by atoms with Gasteiger partial charge in [0.1, 0.15) is 5.15 Å². The highest BCUT2D eigenvalue weighted by molar-refractivity contribution is 6.30. The van der Waals surface area contributed by atoms with Crippen LogP contribution in [0, 0.1) is 5.92 Å². The molecule has 1 heterocycles. The van der Waals surface area contributed by atoms with Gasteiger partial charge in [0, 0.05) is 24.3 Å². The number of aromatic nitrogens is 1. The molecule has 4 heteroatoms. The highest BCUT2D eigenvalue weighted by Crippen LogP contribution is 2.24. The summed E-state index contributed by atoms with van der Waals surface area (Å²) in [6, 6.07) is 4.63. The summed E-state index contributed by atoms with van der Waals surface area (Å²) < 4.78 is 0. The van der Waals surface area contributed by atoms with E-state index in [-0.39, 0.29) is 12.4 Å². The second-order valence-corrected chi connectivity index (χ2v) is 5.16. The largest absolute Gasteiger partial charge is 0.310 e. The Morgan fingerprint density at radius 3 is 3.00 bits per heavy atom. The number of rotatable bonds is 3. The maximum Gasteiger partial charge on any atom is 0.133 e. The van der Waals surface area contributed by atoms with Gasteiger partial charge in [-0.2, -0.15) is 0 Å². The van der Waals surface area contributed by atoms with E-state index in [1.807, 2.05) is 12.1 Å². The van der Waals surface area contributed by atoms with Gasteiger partial charge in [-0.15, -0.1) is 12.4 Å². The number of halogens is 2. The third kappa shape index (κ3) is 4.46. The average molecular weight is 275 g/mol. The number of nitrogens with one attached hydrogen (secondary N) is 1. The van der Waals surface area contributed by atoms with Crippen molar-refractivity contribution in [2.24, 2.45) is 5.92 Å². The van der Waals surface area contributed by atoms with Crippen LogP contribution in [-0.2, 0) is 6.54 Å². The van der Waals surface area contributed by atoms with E-state index in [2.05, 4.69) is 17.2 Å². The molecule has 2 unspecified atom stereocenters. The van der Waals surface area contributed by atoms with E-state index in [0.29, 0.717) is 11.2 Å². The topological polar surface area (TPSA) is 24.9 Å². The molecule has 0 saturated heterocycles. The van der Waals surface area contributed by atoms with E-state index in [4.69, 9.17) is 11.6 Å². The van der Waals surface area contributed by atoms with Crippen molar-refractivity contribution in [3.8, 4) is 0 Å². The molecule has 0 amide bonds. The summed E-state index contributed by atoms with van der Waals surface area (Å²) in [5.41, 5.74) is 1.10. The Balaban J connectivity index is 0.00000144. The fourth-order valence-electron chi connectivity index (χ4n) is 2.43. The van der Waals surface area contributed by atoms with Gasteiger partial charge < -0.3 is 5.32 Å². The number of nitrogens with zero attached hydrogens (tertiary/aromatic N) is 1. The van der Waals surface area contributed by atoms with Crippen molar-refractivity contribution in [3.05, 3.63) is 29.0 Å². The molecule has 1 aliphatic rings. The summed E-state index contributed by atoms with van der Waals surface area (Å²) in [7, 11) is 0. The van der Waals surface area contributed by atoms with Crippen LogP contribution in [0.4, 0.5) is 0 Å². The second-order valence-electron chi connectivity index (χ2n) is 4.80. The van der Waals surface area contributed by atoms with Crippen molar-refractivity contribution in [3.63, 3.8) is 0 Å². The number of hydrogen-bond donors (Lipinski definition) is 1. The molecule has 2 atom stereocenters. The third-order valence-electron chi connectivity index (χ3n) is 3.35. The zero-order valence-corrected chi connectivity index (χ0v) is 11.7. The zero-order valence-electron chi connectivity index (χ0n) is 10.2. The van der Waals surface area contributed by atoms with Gasteiger partial charge >= 0.3 is 0 Å². The van der Waals surface area contributed by atoms with Gasteiger partial charge in [0.05, 0.1) is 0 Å². The van der Waals surface area contributed by atoms with Gasteiger partial charge in [0.15, 0.2) is 0 Å². The molecule has 0 aliphatic heterocycles. The Kier molecular flexibility index (Phi) is 6.24. The molecular formula is C13H20Cl2N2. The lowest BCUT2D eigenvalue weighted by atomic mass is 9.87. The van der Waals surface area contributed by atoms with Crippen LogP contribution in [0.2, 0.25) is 5.15 Å². The van der Waals surface area contributed by atoms with Crippen LogP contribution >= 0.6 is 24.0 Å². The third-order valence-corrected chi connectivity index (χ3v) is 3.69. The van der Waals surface area contributed by atoms with Crippen molar-refractivity contribution in [1.29, 1.82) is 0 Å². The minimum absolute atomic E-state index is 0. The first-order valence-electron chi connectivity index (χ1n) is 6.08. The molecule has 2 nitrogen and oxygen atoms in total. The Bertz CT molecular complexity index is 344. The van der Waals surface area contributed by atoms with Gasteiger partial charge in [0.2, 0.25) is 0 Å². The molecule has 96 valence electrons. The van der Waals surface area contributed by atoms with Crippen LogP contribution in [0.5, 0.6) is 0 Å². The summed E-state index contributed by atoms with van der Waals surface area (Å²) in [4.78, 5) is 4.08. The quantitative estimate of drug-likeness (QED) is 0.848. The van der Waals surface area contributed by atoms with E-state index >= 15 is 0 Å². The molecule has 1 aromatic heterocycles. The van der Waals surface area contributed by atoms with E-state index in [1.54, 1.807) is 6.20 Å². The first kappa shape index (κ1) is 14.7. The molecule has 2 rings (SSSR count). The molecule has 0 spiro atoms. The summed E-state index contributed by atoms with van der Waals surface area (Å²) in [5.74, 6) is 0.857. The molecule has 0 bridgehead atoms. The lowest BCUT2D eigenvalue weighted by Crippen LogP contribution is -2.33. The lowest BCUT2D eigenvalue weighted by Gasteiger charge is -2.27. The van der Waals surface area contributed by atoms with Gasteiger partial charge in [-0.05, 0) is 24.8 Å². The Hall–Kier alpha value is -0.310. The molecular weight excluding hydrogens is 255 g/mol. The molecule has 1 saturated carbocycles. The van der Waals surface area contributed by atoms with Gasteiger partial charge in [0.25, 0.3) is 0 Å². The lowest BCUT2D eigenvalue weighted by molar-refractivity contribution is 0.300. The first-order chi connectivity index (χ1) is 7.75. The monoisotopic (exact) mass is 274 g/mol. The highest BCUT2D eigenvalue weighted by atomic mass is 35.5. The highest BCUT2D eigenvalue weighted by Gasteiger charge is 2.18. The SMILES string of the molecule is CC1CCCC(NCc2cccnc2Cl)C1.Cl. The van der Waals surface area contributed by atoms with Crippen LogP contribution in [0.3, 0.4) is 0 Å². The summed E-state index contributed by atoms with van der Waals surface area (Å²) in [6.07, 6.45) is 7.04. The van der Waals surface area contributed by atoms with Gasteiger partial charge in [-0.25, -0.2) is 4.98 Å². The van der Waals surface area contributed by atoms with E-state index in [1.165, 1.54) is 25.7 Å². The normalized spacial score (nSPS) is 24.1. The fraction of sp³-hybridized carbons (Fsp3) is 0.615. The predicted molar refractivity (Wildman–Crippen MR) is 74.8 cm³/mol. The van der Waals surface area contributed by atoms with Crippen LogP contribution in [0.1, 0.15) is 38.2 Å². The molecule has 17 heavy (non-hydrogen) atoms. The molecule has 1 N–H and O–H groups in total. The van der Waals surface area contributed by atoms with Crippen molar-refractivity contribution >= 4 is 24.0 Å². The van der Waals surface area contributed by atoms with Crippen molar-refractivity contribution in [2.45, 2.75) is 45.2 Å². The Morgan fingerprint density at radius 2 is 2.29 bits per heavy atom. The Labute approximate surface area is 115 Å². The van der Waals surface area contributed by atoms with E-state index in [0.717, 1.165) is 18.0 Å². The minimum Gasteiger partial charge on any atom is -0.310 e. The predicted octanol–water partition coefficient (Wildman–Crippen LogP) is 3.83. The summed E-state index contributed by atoms with van der Waals surface area (Å²) in [5, 5.41) is 4.21. The fourth-order valence-corrected chi connectivity index (χ4v) is 2.61. The average Bonchev–Trinajstić information content (AvgIpc) is 2.28. The smallest absolute Gasteiger partial charge is 0.133 e. The summed E-state index contributed by atoms with van der Waals surface area (Å²) >= 11 is 6.02. The first-order valence-corrected chi connectivity index (χ1v) is 6.46. The zero-order chi connectivity index (χ0) is 11.4. The molecule has 0 aromatic carbocycles. The molecule has 0 radical (unpaired) electrons. The maximum absolute atomic E-state index is 6.02. The standard InChI is InChI=1S/C13H19ClN2.ClH/c1-10-4-2-6-12(8-10)16-9-11-5-3-7-15-13(11)14;/h3,5,7,10,12,16H,2,4,6,8-9H2,1H3;1H.